The average molecular weight is 483 g/mol. The first-order valence-corrected chi connectivity index (χ1v) is 11.8. The molecular formula is C26H28F2N4O3. The van der Waals surface area contributed by atoms with Crippen molar-refractivity contribution in [3.8, 4) is 22.6 Å². The van der Waals surface area contributed by atoms with Crippen LogP contribution in [0.5, 0.6) is 11.5 Å². The number of alkyl halides is 1. The third kappa shape index (κ3) is 4.48. The number of ether oxygens (including phenoxy) is 2. The van der Waals surface area contributed by atoms with Crippen molar-refractivity contribution in [2.75, 3.05) is 25.1 Å². The zero-order valence-corrected chi connectivity index (χ0v) is 19.7. The molecule has 9 heteroatoms. The lowest BCUT2D eigenvalue weighted by Crippen LogP contribution is -2.42. The summed E-state index contributed by atoms with van der Waals surface area (Å²) in [6, 6.07) is 9.19. The number of halogens is 2. The molecular weight excluding hydrogens is 454 g/mol. The second-order valence-electron chi connectivity index (χ2n) is 9.01. The van der Waals surface area contributed by atoms with E-state index in [1.54, 1.807) is 27.9 Å². The van der Waals surface area contributed by atoms with Crippen molar-refractivity contribution >= 4 is 11.8 Å². The minimum absolute atomic E-state index is 0.0383. The first kappa shape index (κ1) is 23.3. The molecule has 184 valence electrons. The van der Waals surface area contributed by atoms with Crippen LogP contribution in [0.25, 0.3) is 11.1 Å². The smallest absolute Gasteiger partial charge is 0.414 e. The van der Waals surface area contributed by atoms with E-state index in [2.05, 4.69) is 10.4 Å². The molecule has 2 aromatic carbocycles. The fourth-order valence-electron chi connectivity index (χ4n) is 4.91. The Hall–Kier alpha value is -3.46. The second kappa shape index (κ2) is 9.65. The molecule has 0 aliphatic carbocycles. The summed E-state index contributed by atoms with van der Waals surface area (Å²) < 4.78 is 41.1. The number of nitrogens with zero attached hydrogens (tertiary/aromatic N) is 3. The molecule has 3 unspecified atom stereocenters. The van der Waals surface area contributed by atoms with E-state index in [1.807, 2.05) is 25.3 Å². The van der Waals surface area contributed by atoms with Gasteiger partial charge in [0.15, 0.2) is 0 Å². The normalized spacial score (nSPS) is 21.9. The number of hydrogen-bond acceptors (Lipinski definition) is 5. The molecule has 0 radical (unpaired) electrons. The fourth-order valence-corrected chi connectivity index (χ4v) is 4.91. The van der Waals surface area contributed by atoms with E-state index in [4.69, 9.17) is 9.47 Å². The monoisotopic (exact) mass is 482 g/mol. The van der Waals surface area contributed by atoms with E-state index >= 15 is 0 Å². The van der Waals surface area contributed by atoms with Crippen molar-refractivity contribution in [3.63, 3.8) is 0 Å². The number of methoxy groups -OCH3 is 1. The van der Waals surface area contributed by atoms with Gasteiger partial charge >= 0.3 is 6.09 Å². The van der Waals surface area contributed by atoms with Crippen LogP contribution >= 0.6 is 0 Å². The van der Waals surface area contributed by atoms with E-state index in [0.717, 1.165) is 29.7 Å². The van der Waals surface area contributed by atoms with Gasteiger partial charge in [-0.05, 0) is 69.1 Å². The molecule has 1 N–H and O–H groups in total. The van der Waals surface area contributed by atoms with Gasteiger partial charge in [-0.1, -0.05) is 0 Å². The molecule has 35 heavy (non-hydrogen) atoms. The van der Waals surface area contributed by atoms with Crippen LogP contribution in [0, 0.1) is 5.82 Å². The van der Waals surface area contributed by atoms with Gasteiger partial charge in [-0.15, -0.1) is 0 Å². The van der Waals surface area contributed by atoms with Crippen LogP contribution in [-0.2, 0) is 11.2 Å². The highest BCUT2D eigenvalue weighted by Crippen LogP contribution is 2.45. The summed E-state index contributed by atoms with van der Waals surface area (Å²) in [6.07, 6.45) is 4.14. The predicted molar refractivity (Wildman–Crippen MR) is 128 cm³/mol. The molecule has 1 amide bonds. The van der Waals surface area contributed by atoms with Crippen LogP contribution in [0.15, 0.2) is 48.8 Å². The Balaban J connectivity index is 1.60. The summed E-state index contributed by atoms with van der Waals surface area (Å²) in [5.41, 5.74) is 3.11. The highest BCUT2D eigenvalue weighted by Gasteiger charge is 2.33. The van der Waals surface area contributed by atoms with E-state index in [-0.39, 0.29) is 17.9 Å². The maximum Gasteiger partial charge on any atom is 0.414 e. The first-order valence-electron chi connectivity index (χ1n) is 11.8. The fraction of sp³-hybridized carbons (Fsp3) is 0.385. The van der Waals surface area contributed by atoms with Crippen LogP contribution in [0.3, 0.4) is 0 Å². The summed E-state index contributed by atoms with van der Waals surface area (Å²) >= 11 is 0. The molecule has 2 aliphatic heterocycles. The van der Waals surface area contributed by atoms with Crippen molar-refractivity contribution < 1.29 is 23.0 Å². The summed E-state index contributed by atoms with van der Waals surface area (Å²) in [5.74, 6) is 0.679. The zero-order chi connectivity index (χ0) is 24.5. The van der Waals surface area contributed by atoms with Crippen LogP contribution in [-0.4, -0.2) is 48.3 Å². The molecule has 1 fully saturated rings. The lowest BCUT2D eigenvalue weighted by atomic mass is 9.92. The summed E-state index contributed by atoms with van der Waals surface area (Å²) in [6.45, 7) is 3.02. The molecule has 1 saturated heterocycles. The lowest BCUT2D eigenvalue weighted by Gasteiger charge is -2.35. The average Bonchev–Trinajstić information content (AvgIpc) is 3.35. The third-order valence-corrected chi connectivity index (χ3v) is 6.78. The number of anilines is 1. The van der Waals surface area contributed by atoms with Gasteiger partial charge in [-0.25, -0.2) is 13.6 Å². The third-order valence-electron chi connectivity index (χ3n) is 6.78. The van der Waals surface area contributed by atoms with Gasteiger partial charge < -0.3 is 14.8 Å². The van der Waals surface area contributed by atoms with E-state index in [1.165, 1.54) is 19.2 Å². The van der Waals surface area contributed by atoms with E-state index in [9.17, 15) is 13.6 Å². The Labute approximate surface area is 202 Å². The number of hydrogen-bond donors (Lipinski definition) is 1. The van der Waals surface area contributed by atoms with Gasteiger partial charge in [0.25, 0.3) is 0 Å². The van der Waals surface area contributed by atoms with Gasteiger partial charge in [0.05, 0.1) is 25.0 Å². The SMILES string of the molecule is COC(=O)N1c2ccc(-c3cnn(C4CCNCC4F)c3)c(Oc3ccc(F)cc3)c2CCC1C. The van der Waals surface area contributed by atoms with Gasteiger partial charge in [0.1, 0.15) is 23.5 Å². The molecule has 3 atom stereocenters. The number of piperidine rings is 1. The summed E-state index contributed by atoms with van der Waals surface area (Å²) in [7, 11) is 1.36. The van der Waals surface area contributed by atoms with Gasteiger partial charge in [-0.2, -0.15) is 5.10 Å². The summed E-state index contributed by atoms with van der Waals surface area (Å²) in [5, 5.41) is 7.53. The highest BCUT2D eigenvalue weighted by molar-refractivity contribution is 5.92. The number of benzene rings is 2. The quantitative estimate of drug-likeness (QED) is 0.549. The zero-order valence-electron chi connectivity index (χ0n) is 19.7. The number of nitrogens with one attached hydrogen (secondary N) is 1. The van der Waals surface area contributed by atoms with Crippen LogP contribution in [0.4, 0.5) is 19.3 Å². The van der Waals surface area contributed by atoms with Crippen LogP contribution in [0.2, 0.25) is 0 Å². The second-order valence-corrected chi connectivity index (χ2v) is 9.01. The van der Waals surface area contributed by atoms with Gasteiger partial charge in [0.2, 0.25) is 0 Å². The van der Waals surface area contributed by atoms with Crippen LogP contribution < -0.4 is 15.0 Å². The van der Waals surface area contributed by atoms with Crippen molar-refractivity contribution in [2.45, 2.75) is 44.4 Å². The molecule has 3 aromatic rings. The molecule has 7 nitrogen and oxygen atoms in total. The lowest BCUT2D eigenvalue weighted by molar-refractivity contribution is 0.173. The van der Waals surface area contributed by atoms with Crippen molar-refractivity contribution in [2.24, 2.45) is 0 Å². The highest BCUT2D eigenvalue weighted by atomic mass is 19.1. The number of rotatable bonds is 4. The molecule has 2 aliphatic rings. The van der Waals surface area contributed by atoms with Crippen molar-refractivity contribution in [3.05, 3.63) is 60.2 Å². The van der Waals surface area contributed by atoms with Crippen LogP contribution in [0.1, 0.15) is 31.4 Å². The van der Waals surface area contributed by atoms with Gasteiger partial charge in [-0.3, -0.25) is 9.58 Å². The molecule has 5 rings (SSSR count). The Morgan fingerprint density at radius 2 is 1.97 bits per heavy atom. The van der Waals surface area contributed by atoms with Crippen molar-refractivity contribution in [1.29, 1.82) is 0 Å². The molecule has 0 saturated carbocycles. The Bertz CT molecular complexity index is 1210. The Morgan fingerprint density at radius 1 is 1.17 bits per heavy atom. The number of carbonyl (C=O) groups is 1. The first-order chi connectivity index (χ1) is 17.0. The standard InChI is InChI=1S/C26H28F2N4O3/c1-16-3-8-21-23(32(16)26(33)34-2)10-9-20(25(21)35-19-6-4-18(27)5-7-19)17-13-30-31(15-17)24-11-12-29-14-22(24)28/h4-7,9-10,13,15-16,22,24,29H,3,8,11-12,14H2,1-2H3. The minimum Gasteiger partial charge on any atom is -0.456 e. The topological polar surface area (TPSA) is 68.6 Å². The maximum absolute atomic E-state index is 14.5. The van der Waals surface area contributed by atoms with E-state index < -0.39 is 12.3 Å². The molecule has 1 aromatic heterocycles. The van der Waals surface area contributed by atoms with Gasteiger partial charge in [0, 0.05) is 35.5 Å². The predicted octanol–water partition coefficient (Wildman–Crippen LogP) is 5.26. The number of fused-ring (bicyclic) bond motifs is 1. The molecule has 3 heterocycles. The summed E-state index contributed by atoms with van der Waals surface area (Å²) in [4.78, 5) is 14.2. The minimum atomic E-state index is -1.02. The maximum atomic E-state index is 14.5. The largest absolute Gasteiger partial charge is 0.456 e. The Kier molecular flexibility index (Phi) is 6.42. The molecule has 0 spiro atoms. The number of carbonyl (C=O) groups excluding carboxylic acids is 1. The van der Waals surface area contributed by atoms with E-state index in [0.29, 0.717) is 36.6 Å². The number of amides is 1. The number of aromatic nitrogens is 2. The van der Waals surface area contributed by atoms with Crippen molar-refractivity contribution in [1.82, 2.24) is 15.1 Å². The Morgan fingerprint density at radius 3 is 2.71 bits per heavy atom. The molecule has 0 bridgehead atoms.